The van der Waals surface area contributed by atoms with E-state index in [0.717, 1.165) is 28.1 Å². The van der Waals surface area contributed by atoms with Gasteiger partial charge in [-0.1, -0.05) is 30.8 Å². The quantitative estimate of drug-likeness (QED) is 0.484. The van der Waals surface area contributed by atoms with Crippen LogP contribution in [0.5, 0.6) is 0 Å². The van der Waals surface area contributed by atoms with Gasteiger partial charge in [0.15, 0.2) is 5.16 Å². The molecular weight excluding hydrogens is 326 g/mol. The molecule has 7 heteroatoms. The fourth-order valence-corrected chi connectivity index (χ4v) is 3.39. The zero-order chi connectivity index (χ0) is 16.9. The second-order valence-corrected chi connectivity index (χ2v) is 6.31. The molecule has 0 N–H and O–H groups in total. The molecule has 24 heavy (non-hydrogen) atoms. The Labute approximate surface area is 143 Å². The lowest BCUT2D eigenvalue weighted by molar-refractivity contribution is 0.184. The maximum Gasteiger partial charge on any atom is 0.336 e. The summed E-state index contributed by atoms with van der Waals surface area (Å²) in [7, 11) is 1.66. The normalized spacial score (nSPS) is 11.2. The second kappa shape index (κ2) is 7.63. The van der Waals surface area contributed by atoms with Crippen molar-refractivity contribution in [2.75, 3.05) is 13.7 Å². The highest BCUT2D eigenvalue weighted by molar-refractivity contribution is 7.98. The lowest BCUT2D eigenvalue weighted by Gasteiger charge is -2.08. The zero-order valence-corrected chi connectivity index (χ0v) is 14.5. The van der Waals surface area contributed by atoms with Crippen molar-refractivity contribution in [2.45, 2.75) is 30.8 Å². The van der Waals surface area contributed by atoms with Gasteiger partial charge in [0, 0.05) is 30.9 Å². The number of fused-ring (bicyclic) bond motifs is 1. The van der Waals surface area contributed by atoms with Gasteiger partial charge in [0.1, 0.15) is 11.9 Å². The molecule has 3 aromatic rings. The third-order valence-corrected chi connectivity index (χ3v) is 4.81. The number of aryl methyl sites for hydroxylation is 1. The molecule has 1 aromatic carbocycles. The highest BCUT2D eigenvalue weighted by Crippen LogP contribution is 2.26. The van der Waals surface area contributed by atoms with Crippen LogP contribution in [0.3, 0.4) is 0 Å². The summed E-state index contributed by atoms with van der Waals surface area (Å²) < 4.78 is 12.4. The number of aromatic nitrogens is 3. The number of hydrogen-bond acceptors (Lipinski definition) is 6. The molecule has 0 aliphatic carbocycles. The first-order valence-corrected chi connectivity index (χ1v) is 8.75. The summed E-state index contributed by atoms with van der Waals surface area (Å²) in [5, 5.41) is 9.84. The fourth-order valence-electron chi connectivity index (χ4n) is 2.46. The topological polar surface area (TPSA) is 70.2 Å². The number of hydrogen-bond donors (Lipinski definition) is 0. The van der Waals surface area contributed by atoms with Crippen LogP contribution in [0.4, 0.5) is 0 Å². The molecule has 0 spiro atoms. The molecule has 0 aliphatic rings. The molecule has 0 fully saturated rings. The van der Waals surface area contributed by atoms with Crippen molar-refractivity contribution < 1.29 is 9.15 Å². The van der Waals surface area contributed by atoms with Gasteiger partial charge in [0.25, 0.3) is 0 Å². The van der Waals surface area contributed by atoms with Crippen LogP contribution in [-0.2, 0) is 23.5 Å². The van der Waals surface area contributed by atoms with Crippen molar-refractivity contribution in [2.24, 2.45) is 0 Å². The lowest BCUT2D eigenvalue weighted by atomic mass is 10.1. The van der Waals surface area contributed by atoms with Gasteiger partial charge in [-0.05, 0) is 23.6 Å². The Hall–Kier alpha value is -2.12. The van der Waals surface area contributed by atoms with Crippen molar-refractivity contribution in [1.82, 2.24) is 14.8 Å². The van der Waals surface area contributed by atoms with E-state index in [2.05, 4.69) is 23.2 Å². The SMILES string of the molecule is CCc1ccc2c(CSc3nncn3CCOC)cc(=O)oc2c1. The van der Waals surface area contributed by atoms with Crippen molar-refractivity contribution >= 4 is 22.7 Å². The van der Waals surface area contributed by atoms with Gasteiger partial charge in [-0.25, -0.2) is 4.79 Å². The molecule has 126 valence electrons. The molecule has 0 amide bonds. The molecule has 0 bridgehead atoms. The third-order valence-electron chi connectivity index (χ3n) is 3.78. The second-order valence-electron chi connectivity index (χ2n) is 5.36. The minimum Gasteiger partial charge on any atom is -0.423 e. The molecular formula is C17H19N3O3S. The molecule has 0 atom stereocenters. The van der Waals surface area contributed by atoms with Gasteiger partial charge >= 0.3 is 5.63 Å². The van der Waals surface area contributed by atoms with E-state index in [1.165, 1.54) is 0 Å². The van der Waals surface area contributed by atoms with Gasteiger partial charge in [-0.15, -0.1) is 10.2 Å². The first-order valence-electron chi connectivity index (χ1n) is 7.76. The number of nitrogens with zero attached hydrogens (tertiary/aromatic N) is 3. The Balaban J connectivity index is 1.85. The maximum absolute atomic E-state index is 11.8. The lowest BCUT2D eigenvalue weighted by Crippen LogP contribution is -2.05. The summed E-state index contributed by atoms with van der Waals surface area (Å²) in [5.41, 5.74) is 2.40. The van der Waals surface area contributed by atoms with Crippen LogP contribution in [0.25, 0.3) is 11.0 Å². The van der Waals surface area contributed by atoms with E-state index < -0.39 is 0 Å². The first-order chi connectivity index (χ1) is 11.7. The largest absolute Gasteiger partial charge is 0.423 e. The zero-order valence-electron chi connectivity index (χ0n) is 13.7. The van der Waals surface area contributed by atoms with Crippen LogP contribution in [0.2, 0.25) is 0 Å². The Kier molecular flexibility index (Phi) is 5.32. The van der Waals surface area contributed by atoms with Gasteiger partial charge in [0.05, 0.1) is 6.61 Å². The maximum atomic E-state index is 11.8. The molecule has 6 nitrogen and oxygen atoms in total. The number of rotatable bonds is 7. The van der Waals surface area contributed by atoms with Crippen molar-refractivity contribution in [3.63, 3.8) is 0 Å². The van der Waals surface area contributed by atoms with Crippen molar-refractivity contribution in [3.8, 4) is 0 Å². The summed E-state index contributed by atoms with van der Waals surface area (Å²) in [6, 6.07) is 7.57. The van der Waals surface area contributed by atoms with E-state index in [4.69, 9.17) is 9.15 Å². The molecule has 3 rings (SSSR count). The summed E-state index contributed by atoms with van der Waals surface area (Å²) >= 11 is 1.54. The predicted octanol–water partition coefficient (Wildman–Crippen LogP) is 2.89. The van der Waals surface area contributed by atoms with E-state index in [1.54, 1.807) is 31.3 Å². The Morgan fingerprint density at radius 2 is 2.21 bits per heavy atom. The summed E-state index contributed by atoms with van der Waals surface area (Å²) in [4.78, 5) is 11.8. The number of thioether (sulfide) groups is 1. The van der Waals surface area contributed by atoms with Gasteiger partial charge in [-0.3, -0.25) is 0 Å². The van der Waals surface area contributed by atoms with Crippen LogP contribution in [0, 0.1) is 0 Å². The van der Waals surface area contributed by atoms with Gasteiger partial charge in [-0.2, -0.15) is 0 Å². The van der Waals surface area contributed by atoms with Crippen molar-refractivity contribution in [3.05, 3.63) is 52.1 Å². The van der Waals surface area contributed by atoms with Crippen molar-refractivity contribution in [1.29, 1.82) is 0 Å². The molecule has 0 radical (unpaired) electrons. The first kappa shape index (κ1) is 16.7. The molecule has 0 saturated carbocycles. The standard InChI is InChI=1S/C17H19N3O3S/c1-3-12-4-5-14-13(9-16(21)23-15(14)8-12)10-24-17-19-18-11-20(17)6-7-22-2/h4-5,8-9,11H,3,6-7,10H2,1-2H3. The van der Waals surface area contributed by atoms with E-state index >= 15 is 0 Å². The molecule has 0 aliphatic heterocycles. The van der Waals surface area contributed by atoms with Crippen LogP contribution < -0.4 is 5.63 Å². The van der Waals surface area contributed by atoms with Gasteiger partial charge in [0.2, 0.25) is 0 Å². The van der Waals surface area contributed by atoms with Gasteiger partial charge < -0.3 is 13.7 Å². The minimum atomic E-state index is -0.327. The Morgan fingerprint density at radius 1 is 1.33 bits per heavy atom. The number of ether oxygens (including phenoxy) is 1. The average molecular weight is 345 g/mol. The average Bonchev–Trinajstić information content (AvgIpc) is 3.04. The third kappa shape index (κ3) is 3.68. The van der Waals surface area contributed by atoms with Crippen LogP contribution in [-0.4, -0.2) is 28.5 Å². The summed E-state index contributed by atoms with van der Waals surface area (Å²) in [5.74, 6) is 0.624. The number of benzene rings is 1. The minimum absolute atomic E-state index is 0.327. The number of methoxy groups -OCH3 is 1. The molecule has 2 heterocycles. The van der Waals surface area contributed by atoms with Crippen LogP contribution in [0.1, 0.15) is 18.1 Å². The monoisotopic (exact) mass is 345 g/mol. The fraction of sp³-hybridized carbons (Fsp3) is 0.353. The van der Waals surface area contributed by atoms with Crippen LogP contribution in [0.15, 0.2) is 45.0 Å². The van der Waals surface area contributed by atoms with E-state index in [0.29, 0.717) is 24.5 Å². The van der Waals surface area contributed by atoms with Crippen LogP contribution >= 0.6 is 11.8 Å². The molecule has 0 unspecified atom stereocenters. The molecule has 0 saturated heterocycles. The van der Waals surface area contributed by atoms with E-state index in [-0.39, 0.29) is 5.63 Å². The Morgan fingerprint density at radius 3 is 3.00 bits per heavy atom. The molecule has 2 aromatic heterocycles. The predicted molar refractivity (Wildman–Crippen MR) is 93.3 cm³/mol. The van der Waals surface area contributed by atoms with E-state index in [1.807, 2.05) is 16.7 Å². The smallest absolute Gasteiger partial charge is 0.336 e. The highest BCUT2D eigenvalue weighted by atomic mass is 32.2. The Bertz CT molecular complexity index is 888. The summed E-state index contributed by atoms with van der Waals surface area (Å²) in [6.07, 6.45) is 2.59. The summed E-state index contributed by atoms with van der Waals surface area (Å²) in [6.45, 7) is 3.37. The van der Waals surface area contributed by atoms with E-state index in [9.17, 15) is 4.79 Å². The highest BCUT2D eigenvalue weighted by Gasteiger charge is 2.10.